The van der Waals surface area contributed by atoms with Crippen molar-refractivity contribution in [3.8, 4) is 6.07 Å². The second-order valence-electron chi connectivity index (χ2n) is 5.45. The van der Waals surface area contributed by atoms with Crippen LogP contribution in [-0.2, 0) is 4.79 Å². The quantitative estimate of drug-likeness (QED) is 0.839. The van der Waals surface area contributed by atoms with Crippen LogP contribution in [-0.4, -0.2) is 5.91 Å². The molecule has 1 aromatic heterocycles. The molecular weight excluding hydrogens is 292 g/mol. The molecule has 3 nitrogen and oxygen atoms in total. The van der Waals surface area contributed by atoms with E-state index in [9.17, 15) is 10.1 Å². The average molecular weight is 311 g/mol. The maximum atomic E-state index is 12.5. The molecule has 108 valence electrons. The predicted molar refractivity (Wildman–Crippen MR) is 81.6 cm³/mol. The molecule has 0 saturated heterocycles. The van der Waals surface area contributed by atoms with E-state index in [0.717, 1.165) is 30.6 Å². The van der Waals surface area contributed by atoms with E-state index in [2.05, 4.69) is 11.4 Å². The highest BCUT2D eigenvalue weighted by atomic mass is 35.5. The van der Waals surface area contributed by atoms with Gasteiger partial charge in [0.15, 0.2) is 0 Å². The maximum Gasteiger partial charge on any atom is 0.240 e. The van der Waals surface area contributed by atoms with Gasteiger partial charge in [-0.1, -0.05) is 37.3 Å². The Labute approximate surface area is 128 Å². The summed E-state index contributed by atoms with van der Waals surface area (Å²) < 4.78 is 0.713. The molecule has 5 heteroatoms. The third-order valence-corrected chi connectivity index (χ3v) is 5.39. The summed E-state index contributed by atoms with van der Waals surface area (Å²) in [4.78, 5) is 13.6. The van der Waals surface area contributed by atoms with Crippen LogP contribution in [0.3, 0.4) is 0 Å². The Morgan fingerprint density at radius 3 is 2.55 bits per heavy atom. The standard InChI is InChI=1S/C15H19ClN2OS/c1-11(12-6-7-13(16)20-12)18-14(19)15(10-17)8-4-2-3-5-9-15/h6-7,11H,2-5,8-9H2,1H3,(H,18,19). The molecule has 0 bridgehead atoms. The Bertz CT molecular complexity index is 512. The zero-order valence-electron chi connectivity index (χ0n) is 11.6. The fourth-order valence-electron chi connectivity index (χ4n) is 2.69. The molecule has 1 aromatic rings. The molecule has 1 unspecified atom stereocenters. The normalized spacial score (nSPS) is 19.6. The lowest BCUT2D eigenvalue weighted by Gasteiger charge is -2.25. The maximum absolute atomic E-state index is 12.5. The van der Waals surface area contributed by atoms with Crippen LogP contribution in [0.15, 0.2) is 12.1 Å². The van der Waals surface area contributed by atoms with E-state index in [4.69, 9.17) is 11.6 Å². The van der Waals surface area contributed by atoms with Crippen molar-refractivity contribution < 1.29 is 4.79 Å². The first-order valence-corrected chi connectivity index (χ1v) is 8.24. The van der Waals surface area contributed by atoms with Crippen LogP contribution >= 0.6 is 22.9 Å². The summed E-state index contributed by atoms with van der Waals surface area (Å²) in [5, 5.41) is 12.5. The van der Waals surface area contributed by atoms with Gasteiger partial charge in [-0.25, -0.2) is 0 Å². The molecule has 20 heavy (non-hydrogen) atoms. The van der Waals surface area contributed by atoms with Crippen molar-refractivity contribution in [3.63, 3.8) is 0 Å². The molecule has 0 aromatic carbocycles. The smallest absolute Gasteiger partial charge is 0.240 e. The second kappa shape index (κ2) is 6.60. The van der Waals surface area contributed by atoms with Gasteiger partial charge in [-0.05, 0) is 31.9 Å². The second-order valence-corrected chi connectivity index (χ2v) is 7.19. The van der Waals surface area contributed by atoms with Gasteiger partial charge in [-0.3, -0.25) is 4.79 Å². The van der Waals surface area contributed by atoms with Crippen molar-refractivity contribution in [2.45, 2.75) is 51.5 Å². The molecule has 1 amide bonds. The number of nitrogens with zero attached hydrogens (tertiary/aromatic N) is 1. The first-order chi connectivity index (χ1) is 9.57. The van der Waals surface area contributed by atoms with Crippen LogP contribution < -0.4 is 5.32 Å². The van der Waals surface area contributed by atoms with Crippen molar-refractivity contribution in [1.82, 2.24) is 5.32 Å². The number of hydrogen-bond acceptors (Lipinski definition) is 3. The zero-order valence-corrected chi connectivity index (χ0v) is 13.2. The third kappa shape index (κ3) is 3.34. The number of rotatable bonds is 3. The molecule has 1 aliphatic carbocycles. The molecular formula is C15H19ClN2OS. The van der Waals surface area contributed by atoms with E-state index < -0.39 is 5.41 Å². The highest BCUT2D eigenvalue weighted by molar-refractivity contribution is 7.16. The summed E-state index contributed by atoms with van der Waals surface area (Å²) in [7, 11) is 0. The van der Waals surface area contributed by atoms with E-state index in [0.29, 0.717) is 17.2 Å². The molecule has 1 N–H and O–H groups in total. The van der Waals surface area contributed by atoms with Crippen LogP contribution in [0.1, 0.15) is 56.4 Å². The molecule has 0 spiro atoms. The topological polar surface area (TPSA) is 52.9 Å². The van der Waals surface area contributed by atoms with Gasteiger partial charge in [0.1, 0.15) is 5.41 Å². The van der Waals surface area contributed by atoms with Gasteiger partial charge in [-0.2, -0.15) is 5.26 Å². The number of carbonyl (C=O) groups is 1. The van der Waals surface area contributed by atoms with E-state index in [1.807, 2.05) is 19.1 Å². The molecule has 1 saturated carbocycles. The SMILES string of the molecule is CC(NC(=O)C1(C#N)CCCCCC1)c1ccc(Cl)s1. The Kier molecular flexibility index (Phi) is 5.06. The Morgan fingerprint density at radius 1 is 1.40 bits per heavy atom. The van der Waals surface area contributed by atoms with E-state index in [-0.39, 0.29) is 11.9 Å². The number of thiophene rings is 1. The summed E-state index contributed by atoms with van der Waals surface area (Å²) >= 11 is 7.38. The number of halogens is 1. The monoisotopic (exact) mass is 310 g/mol. The molecule has 1 fully saturated rings. The van der Waals surface area contributed by atoms with Crippen LogP contribution in [0.2, 0.25) is 4.34 Å². The Morgan fingerprint density at radius 2 is 2.05 bits per heavy atom. The lowest BCUT2D eigenvalue weighted by Crippen LogP contribution is -2.40. The number of nitriles is 1. The highest BCUT2D eigenvalue weighted by Crippen LogP contribution is 2.36. The summed E-state index contributed by atoms with van der Waals surface area (Å²) in [6.45, 7) is 1.93. The fraction of sp³-hybridized carbons (Fsp3) is 0.600. The molecule has 1 atom stereocenters. The van der Waals surface area contributed by atoms with Crippen LogP contribution in [0.4, 0.5) is 0 Å². The minimum atomic E-state index is -0.841. The average Bonchev–Trinajstić information content (AvgIpc) is 2.73. The number of hydrogen-bond donors (Lipinski definition) is 1. The number of amides is 1. The lowest BCUT2D eigenvalue weighted by molar-refractivity contribution is -0.129. The zero-order chi connectivity index (χ0) is 14.6. The van der Waals surface area contributed by atoms with Crippen molar-refractivity contribution >= 4 is 28.8 Å². The van der Waals surface area contributed by atoms with Gasteiger partial charge in [-0.15, -0.1) is 11.3 Å². The van der Waals surface area contributed by atoms with E-state index in [1.165, 1.54) is 11.3 Å². The summed E-state index contributed by atoms with van der Waals surface area (Å²) in [5.41, 5.74) is -0.841. The summed E-state index contributed by atoms with van der Waals surface area (Å²) in [6, 6.07) is 5.93. The van der Waals surface area contributed by atoms with Crippen molar-refractivity contribution in [2.75, 3.05) is 0 Å². The molecule has 0 aliphatic heterocycles. The van der Waals surface area contributed by atoms with Crippen molar-refractivity contribution in [2.24, 2.45) is 5.41 Å². The molecule has 2 rings (SSSR count). The third-order valence-electron chi connectivity index (χ3n) is 3.97. The molecule has 0 radical (unpaired) electrons. The van der Waals surface area contributed by atoms with Crippen molar-refractivity contribution in [3.05, 3.63) is 21.3 Å². The van der Waals surface area contributed by atoms with Gasteiger partial charge >= 0.3 is 0 Å². The minimum absolute atomic E-state index is 0.103. The summed E-state index contributed by atoms with van der Waals surface area (Å²) in [6.07, 6.45) is 5.50. The summed E-state index contributed by atoms with van der Waals surface area (Å²) in [5.74, 6) is -0.126. The van der Waals surface area contributed by atoms with Gasteiger partial charge in [0.25, 0.3) is 0 Å². The lowest BCUT2D eigenvalue weighted by atomic mass is 9.81. The Hall–Kier alpha value is -1.05. The first-order valence-electron chi connectivity index (χ1n) is 7.05. The first kappa shape index (κ1) is 15.3. The van der Waals surface area contributed by atoms with Gasteiger partial charge < -0.3 is 5.32 Å². The largest absolute Gasteiger partial charge is 0.347 e. The molecule has 1 aliphatic rings. The van der Waals surface area contributed by atoms with Crippen LogP contribution in [0.5, 0.6) is 0 Å². The predicted octanol–water partition coefficient (Wildman–Crippen LogP) is 4.44. The number of nitrogens with one attached hydrogen (secondary N) is 1. The van der Waals surface area contributed by atoms with Crippen molar-refractivity contribution in [1.29, 1.82) is 5.26 Å². The van der Waals surface area contributed by atoms with Gasteiger partial charge in [0, 0.05) is 4.88 Å². The number of carbonyl (C=O) groups excluding carboxylic acids is 1. The minimum Gasteiger partial charge on any atom is -0.347 e. The van der Waals surface area contributed by atoms with Gasteiger partial charge in [0.2, 0.25) is 5.91 Å². The fourth-order valence-corrected chi connectivity index (χ4v) is 3.75. The highest BCUT2D eigenvalue weighted by Gasteiger charge is 2.39. The molecule has 1 heterocycles. The van der Waals surface area contributed by atoms with E-state index in [1.54, 1.807) is 0 Å². The van der Waals surface area contributed by atoms with Crippen LogP contribution in [0, 0.1) is 16.7 Å². The van der Waals surface area contributed by atoms with Crippen LogP contribution in [0.25, 0.3) is 0 Å². The van der Waals surface area contributed by atoms with Gasteiger partial charge in [0.05, 0.1) is 16.4 Å². The Balaban J connectivity index is 2.07. The van der Waals surface area contributed by atoms with E-state index >= 15 is 0 Å².